The average molecular weight is 228 g/mol. The summed E-state index contributed by atoms with van der Waals surface area (Å²) in [7, 11) is 0. The third kappa shape index (κ3) is 25.0. The van der Waals surface area contributed by atoms with Crippen molar-refractivity contribution in [3.05, 3.63) is 24.3 Å². The summed E-state index contributed by atoms with van der Waals surface area (Å²) in [6.07, 6.45) is 10.0. The van der Waals surface area contributed by atoms with Crippen LogP contribution in [0.15, 0.2) is 18.2 Å². The van der Waals surface area contributed by atoms with E-state index in [1.807, 2.05) is 12.2 Å². The minimum absolute atomic E-state index is 0. The molecular weight excluding hydrogens is 215 g/mol. The molecule has 0 fully saturated rings. The quantitative estimate of drug-likeness (QED) is 0.441. The number of halogens is 2. The van der Waals surface area contributed by atoms with Gasteiger partial charge in [0.05, 0.1) is 0 Å². The number of hydrogen-bond donors (Lipinski definition) is 0. The van der Waals surface area contributed by atoms with Crippen molar-refractivity contribution >= 4 is 28.6 Å². The Morgan fingerprint density at radius 1 is 1.36 bits per heavy atom. The first-order valence-electron chi connectivity index (χ1n) is 2.97. The topological polar surface area (TPSA) is 0 Å². The van der Waals surface area contributed by atoms with Gasteiger partial charge in [-0.05, 0) is 0 Å². The Bertz CT molecular complexity index is 125. The molecule has 0 aromatic heterocycles. The van der Waals surface area contributed by atoms with Gasteiger partial charge in [0, 0.05) is 0 Å². The summed E-state index contributed by atoms with van der Waals surface area (Å²) in [6, 6.07) is 0. The van der Waals surface area contributed by atoms with E-state index in [1.165, 1.54) is 3.81 Å². The third-order valence-electron chi connectivity index (χ3n) is 0.586. The Balaban J connectivity index is -0.000000101. The van der Waals surface area contributed by atoms with Crippen LogP contribution in [0.2, 0.25) is 0 Å². The van der Waals surface area contributed by atoms with Gasteiger partial charge in [0.2, 0.25) is 0 Å². The molecule has 0 unspecified atom stereocenters. The largest absolute Gasteiger partial charge is 0.273 e. The molecule has 0 aromatic carbocycles. The monoisotopic (exact) mass is 227 g/mol. The summed E-state index contributed by atoms with van der Waals surface area (Å²) in [6.45, 7) is 4.17. The molecule has 0 saturated carbocycles. The molecule has 0 saturated heterocycles. The molecule has 11 heavy (non-hydrogen) atoms. The molecule has 0 nitrogen and oxygen atoms in total. The molecule has 0 radical (unpaired) electrons. The molecule has 0 spiro atoms. The smallest absolute Gasteiger partial charge is 0.109 e. The number of hydrogen-bond acceptors (Lipinski definition) is 0. The Kier molecular flexibility index (Phi) is 21.3. The van der Waals surface area contributed by atoms with Crippen LogP contribution in [0.3, 0.4) is 0 Å². The van der Waals surface area contributed by atoms with E-state index < -0.39 is 0 Å². The molecule has 0 atom stereocenters. The van der Waals surface area contributed by atoms with Crippen molar-refractivity contribution in [3.63, 3.8) is 0 Å². The molecule has 0 aliphatic heterocycles. The van der Waals surface area contributed by atoms with Crippen LogP contribution in [-0.4, -0.2) is 3.81 Å². The zero-order chi connectivity index (χ0) is 7.11. The normalized spacial score (nSPS) is 10.5. The van der Waals surface area contributed by atoms with Crippen molar-refractivity contribution in [1.29, 1.82) is 0 Å². The second-order valence-electron chi connectivity index (χ2n) is 2.00. The fraction of sp³-hybridized carbons (Fsp3) is 0.375. The van der Waals surface area contributed by atoms with Gasteiger partial charge in [-0.25, -0.2) is 12.2 Å². The SMILES string of the molecule is C[C](C)=[Ti+].Cl.Cl.[C-]1=CC=CC1. The van der Waals surface area contributed by atoms with Gasteiger partial charge in [-0.15, -0.1) is 31.2 Å². The number of rotatable bonds is 0. The standard InChI is InChI=1S/C5H5.C3H6.2ClH.Ti/c1-2-4-5-3-1;1-3-2;;;/h1-3H,4H2;1-2H3;2*1H;/q-1;;;;+1. The van der Waals surface area contributed by atoms with E-state index >= 15 is 0 Å². The van der Waals surface area contributed by atoms with Crippen LogP contribution in [0.1, 0.15) is 20.3 Å². The Morgan fingerprint density at radius 3 is 1.91 bits per heavy atom. The van der Waals surface area contributed by atoms with Crippen molar-refractivity contribution in [2.45, 2.75) is 20.3 Å². The zero-order valence-electron chi connectivity index (χ0n) is 6.76. The maximum atomic E-state index is 2.99. The summed E-state index contributed by atoms with van der Waals surface area (Å²) >= 11 is 2.08. The molecule has 0 N–H and O–H groups in total. The first-order chi connectivity index (χ1) is 4.23. The van der Waals surface area contributed by atoms with Gasteiger partial charge in [0.25, 0.3) is 0 Å². The predicted octanol–water partition coefficient (Wildman–Crippen LogP) is 2.89. The van der Waals surface area contributed by atoms with E-state index in [2.05, 4.69) is 46.0 Å². The van der Waals surface area contributed by atoms with E-state index in [-0.39, 0.29) is 24.8 Å². The van der Waals surface area contributed by atoms with Crippen molar-refractivity contribution < 1.29 is 20.0 Å². The molecule has 0 heterocycles. The van der Waals surface area contributed by atoms with E-state index in [9.17, 15) is 0 Å². The summed E-state index contributed by atoms with van der Waals surface area (Å²) in [4.78, 5) is 0. The van der Waals surface area contributed by atoms with Crippen molar-refractivity contribution in [3.8, 4) is 0 Å². The molecular formula is C8H13Cl2Ti. The Hall–Kier alpha value is 0.644. The second kappa shape index (κ2) is 13.2. The summed E-state index contributed by atoms with van der Waals surface area (Å²) in [5, 5.41) is 0. The molecule has 3 heteroatoms. The third-order valence-corrected chi connectivity index (χ3v) is 0.586. The van der Waals surface area contributed by atoms with Gasteiger partial charge in [-0.3, -0.25) is 6.08 Å². The van der Waals surface area contributed by atoms with Crippen LogP contribution in [0.5, 0.6) is 0 Å². The Morgan fingerprint density at radius 2 is 1.82 bits per heavy atom. The van der Waals surface area contributed by atoms with Crippen LogP contribution in [0.25, 0.3) is 0 Å². The zero-order valence-corrected chi connectivity index (χ0v) is 9.95. The average Bonchev–Trinajstić information content (AvgIpc) is 2.11. The van der Waals surface area contributed by atoms with Gasteiger partial charge in [0.1, 0.15) is 0 Å². The van der Waals surface area contributed by atoms with Gasteiger partial charge >= 0.3 is 37.6 Å². The van der Waals surface area contributed by atoms with E-state index in [1.54, 1.807) is 0 Å². The molecule has 0 bridgehead atoms. The van der Waals surface area contributed by atoms with Crippen molar-refractivity contribution in [1.82, 2.24) is 0 Å². The molecule has 0 aromatic rings. The maximum absolute atomic E-state index is 2.99. The van der Waals surface area contributed by atoms with Crippen LogP contribution >= 0.6 is 24.8 Å². The van der Waals surface area contributed by atoms with Crippen LogP contribution in [0.4, 0.5) is 0 Å². The van der Waals surface area contributed by atoms with Gasteiger partial charge in [-0.2, -0.15) is 6.08 Å². The van der Waals surface area contributed by atoms with E-state index in [0.717, 1.165) is 6.42 Å². The fourth-order valence-electron chi connectivity index (χ4n) is 0.340. The predicted molar refractivity (Wildman–Crippen MR) is 52.4 cm³/mol. The second-order valence-corrected chi connectivity index (χ2v) is 3.56. The van der Waals surface area contributed by atoms with Crippen LogP contribution in [-0.2, 0) is 20.0 Å². The molecule has 63 valence electrons. The first-order valence-corrected chi connectivity index (χ1v) is 3.75. The summed E-state index contributed by atoms with van der Waals surface area (Å²) < 4.78 is 1.42. The molecule has 0 amide bonds. The van der Waals surface area contributed by atoms with Crippen molar-refractivity contribution in [2.24, 2.45) is 0 Å². The van der Waals surface area contributed by atoms with Crippen LogP contribution < -0.4 is 0 Å². The van der Waals surface area contributed by atoms with Crippen LogP contribution in [0, 0.1) is 6.08 Å². The Labute approximate surface area is 92.9 Å². The van der Waals surface area contributed by atoms with Gasteiger partial charge in [0.15, 0.2) is 0 Å². The van der Waals surface area contributed by atoms with E-state index in [4.69, 9.17) is 0 Å². The molecule has 1 aliphatic rings. The summed E-state index contributed by atoms with van der Waals surface area (Å²) in [5.41, 5.74) is 0. The summed E-state index contributed by atoms with van der Waals surface area (Å²) in [5.74, 6) is 0. The number of allylic oxidation sites excluding steroid dienone is 4. The van der Waals surface area contributed by atoms with Gasteiger partial charge < -0.3 is 0 Å². The van der Waals surface area contributed by atoms with Gasteiger partial charge in [-0.1, -0.05) is 0 Å². The van der Waals surface area contributed by atoms with E-state index in [0.29, 0.717) is 0 Å². The molecule has 1 aliphatic carbocycles. The maximum Gasteiger partial charge on any atom is -0.109 e. The fourth-order valence-corrected chi connectivity index (χ4v) is 0.340. The minimum atomic E-state index is 0. The minimum Gasteiger partial charge on any atom is -0.273 e. The molecule has 1 rings (SSSR count). The van der Waals surface area contributed by atoms with Crippen molar-refractivity contribution in [2.75, 3.05) is 0 Å². The first kappa shape index (κ1) is 17.7.